The van der Waals surface area contributed by atoms with Crippen LogP contribution in [0.25, 0.3) is 11.0 Å². The number of piperidine rings is 1. The Morgan fingerprint density at radius 3 is 1.98 bits per heavy atom. The van der Waals surface area contributed by atoms with Crippen LogP contribution in [0.15, 0.2) is 85.3 Å². The number of hydrogen-bond donors (Lipinski definition) is 3. The molecule has 4 heterocycles. The normalized spacial score (nSPS) is 15.2. The van der Waals surface area contributed by atoms with Crippen LogP contribution in [-0.2, 0) is 28.5 Å². The Kier molecular flexibility index (Phi) is 19.4. The molecule has 6 rings (SSSR count). The maximum absolute atomic E-state index is 13.2. The first-order valence-electron chi connectivity index (χ1n) is 21.7. The highest BCUT2D eigenvalue weighted by atomic mass is 16.6. The molecule has 2 aliphatic rings. The van der Waals surface area contributed by atoms with Crippen molar-refractivity contribution in [3.8, 4) is 23.1 Å². The smallest absolute Gasteiger partial charge is 0.404 e. The monoisotopic (exact) mass is 872 g/mol. The van der Waals surface area contributed by atoms with Crippen molar-refractivity contribution in [3.05, 3.63) is 85.3 Å². The molecule has 2 aliphatic heterocycles. The number of aromatic nitrogens is 3. The average Bonchev–Trinajstić information content (AvgIpc) is 3.74. The molecule has 4 aromatic rings. The van der Waals surface area contributed by atoms with Crippen LogP contribution in [0.2, 0.25) is 0 Å². The topological polar surface area (TPSA) is 191 Å². The second-order valence-corrected chi connectivity index (χ2v) is 15.0. The molecule has 0 saturated carbocycles. The number of nitrogens with one attached hydrogen (secondary N) is 2. The Hall–Kier alpha value is -5.63. The number of carbonyl (C=O) groups is 3. The van der Waals surface area contributed by atoms with E-state index in [0.717, 1.165) is 68.9 Å². The van der Waals surface area contributed by atoms with Crippen molar-refractivity contribution < 1.29 is 47.9 Å². The molecule has 2 saturated heterocycles. The summed E-state index contributed by atoms with van der Waals surface area (Å²) in [5.74, 6) is 2.61. The van der Waals surface area contributed by atoms with E-state index in [1.807, 2.05) is 77.8 Å². The van der Waals surface area contributed by atoms with E-state index in [2.05, 4.69) is 35.0 Å². The van der Waals surface area contributed by atoms with Crippen molar-refractivity contribution in [2.75, 3.05) is 118 Å². The van der Waals surface area contributed by atoms with Gasteiger partial charge >= 0.3 is 6.09 Å². The number of hydrogen-bond acceptors (Lipinski definition) is 13. The van der Waals surface area contributed by atoms with Crippen molar-refractivity contribution in [1.29, 1.82) is 0 Å². The van der Waals surface area contributed by atoms with Crippen LogP contribution in [0.4, 0.5) is 4.79 Å². The maximum atomic E-state index is 13.2. The van der Waals surface area contributed by atoms with Gasteiger partial charge in [0.2, 0.25) is 17.7 Å². The molecule has 0 unspecified atom stereocenters. The largest absolute Gasteiger partial charge is 0.465 e. The molecular formula is C45H60N8O10. The molecule has 0 spiro atoms. The SMILES string of the molecule is O=C(O)NCCOCCOCCOCCOCCC(=O)NCCN1CCN(C/C=C/C(=O)N2CCC(n3ccc4ncnc(Oc5ccc(Oc6ccccc6)cc5)c43)CC2)CC1. The summed E-state index contributed by atoms with van der Waals surface area (Å²) in [6.07, 6.45) is 8.08. The third kappa shape index (κ3) is 16.2. The van der Waals surface area contributed by atoms with Gasteiger partial charge in [0.05, 0.1) is 58.4 Å². The van der Waals surface area contributed by atoms with E-state index in [-0.39, 0.29) is 24.4 Å². The summed E-state index contributed by atoms with van der Waals surface area (Å²) in [6, 6.07) is 19.3. The van der Waals surface area contributed by atoms with Gasteiger partial charge in [-0.05, 0) is 55.3 Å². The molecular weight excluding hydrogens is 813 g/mol. The molecule has 0 aliphatic carbocycles. The van der Waals surface area contributed by atoms with Gasteiger partial charge in [0.15, 0.2) is 0 Å². The van der Waals surface area contributed by atoms with Crippen molar-refractivity contribution in [1.82, 2.24) is 39.9 Å². The molecule has 63 heavy (non-hydrogen) atoms. The first-order chi connectivity index (χ1) is 30.9. The van der Waals surface area contributed by atoms with Crippen molar-refractivity contribution in [2.24, 2.45) is 0 Å². The third-order valence-electron chi connectivity index (χ3n) is 10.6. The molecule has 0 bridgehead atoms. The van der Waals surface area contributed by atoms with Gasteiger partial charge in [0.25, 0.3) is 0 Å². The van der Waals surface area contributed by atoms with Crippen molar-refractivity contribution >= 4 is 28.9 Å². The van der Waals surface area contributed by atoms with Crippen LogP contribution < -0.4 is 20.1 Å². The van der Waals surface area contributed by atoms with Gasteiger partial charge in [0, 0.05) is 90.2 Å². The number of carbonyl (C=O) groups excluding carboxylic acids is 2. The Balaban J connectivity index is 0.787. The first-order valence-corrected chi connectivity index (χ1v) is 21.7. The molecule has 18 heteroatoms. The molecule has 2 fully saturated rings. The molecule has 3 N–H and O–H groups in total. The quantitative estimate of drug-likeness (QED) is 0.0601. The number of carboxylic acid groups (broad SMARTS) is 1. The van der Waals surface area contributed by atoms with Gasteiger partial charge in [-0.1, -0.05) is 24.3 Å². The highest BCUT2D eigenvalue weighted by molar-refractivity contribution is 5.87. The number of benzene rings is 2. The number of fused-ring (bicyclic) bond motifs is 1. The predicted molar refractivity (Wildman–Crippen MR) is 234 cm³/mol. The van der Waals surface area contributed by atoms with E-state index in [4.69, 9.17) is 33.5 Å². The highest BCUT2D eigenvalue weighted by Crippen LogP contribution is 2.34. The lowest BCUT2D eigenvalue weighted by molar-refractivity contribution is -0.127. The summed E-state index contributed by atoms with van der Waals surface area (Å²) in [7, 11) is 0. The second-order valence-electron chi connectivity index (χ2n) is 15.0. The van der Waals surface area contributed by atoms with Crippen LogP contribution in [-0.4, -0.2) is 171 Å². The lowest BCUT2D eigenvalue weighted by Gasteiger charge is -2.34. The highest BCUT2D eigenvalue weighted by Gasteiger charge is 2.25. The van der Waals surface area contributed by atoms with E-state index in [9.17, 15) is 14.4 Å². The number of nitrogens with zero attached hydrogens (tertiary/aromatic N) is 6. The summed E-state index contributed by atoms with van der Waals surface area (Å²) in [6.45, 7) is 10.3. The van der Waals surface area contributed by atoms with Crippen molar-refractivity contribution in [3.63, 3.8) is 0 Å². The molecule has 0 radical (unpaired) electrons. The van der Waals surface area contributed by atoms with Crippen LogP contribution >= 0.6 is 0 Å². The Labute approximate surface area is 368 Å². The standard InChI is InChI=1S/C45H60N8O10/c54-41(15-27-58-29-31-60-33-34-61-32-30-59-28-17-47-45(56)57)46-16-22-51-25-23-50(24-26-51)18-4-7-42(55)52-19-12-36(13-20-52)53-21-14-40-43(53)44(49-35-48-40)63-39-10-8-38(9-11-39)62-37-5-2-1-3-6-37/h1-11,14,21,35-36,47H,12-13,15-20,22-34H2,(H,46,54)(H,56,57)/b7-4+. The molecule has 3 amide bonds. The average molecular weight is 873 g/mol. The Morgan fingerprint density at radius 1 is 0.683 bits per heavy atom. The third-order valence-corrected chi connectivity index (χ3v) is 10.6. The first kappa shape index (κ1) is 46.9. The maximum Gasteiger partial charge on any atom is 0.404 e. The van der Waals surface area contributed by atoms with Crippen molar-refractivity contribution in [2.45, 2.75) is 25.3 Å². The number of piperazine rings is 1. The molecule has 2 aromatic heterocycles. The van der Waals surface area contributed by atoms with Crippen LogP contribution in [0.5, 0.6) is 23.1 Å². The summed E-state index contributed by atoms with van der Waals surface area (Å²) >= 11 is 0. The fraction of sp³-hybridized carbons (Fsp3) is 0.489. The Morgan fingerprint density at radius 2 is 1.30 bits per heavy atom. The lowest BCUT2D eigenvalue weighted by atomic mass is 10.0. The number of para-hydroxylation sites is 1. The van der Waals surface area contributed by atoms with E-state index in [1.165, 1.54) is 6.33 Å². The van der Waals surface area contributed by atoms with Crippen LogP contribution in [0.3, 0.4) is 0 Å². The van der Waals surface area contributed by atoms with E-state index in [0.29, 0.717) is 96.3 Å². The summed E-state index contributed by atoms with van der Waals surface area (Å²) < 4.78 is 36.0. The van der Waals surface area contributed by atoms with Crippen LogP contribution in [0.1, 0.15) is 25.3 Å². The summed E-state index contributed by atoms with van der Waals surface area (Å²) in [5.41, 5.74) is 1.64. The number of likely N-dealkylation sites (tertiary alicyclic amines) is 1. The van der Waals surface area contributed by atoms with E-state index >= 15 is 0 Å². The zero-order valence-electron chi connectivity index (χ0n) is 35.8. The van der Waals surface area contributed by atoms with Gasteiger partial charge in [-0.3, -0.25) is 19.4 Å². The van der Waals surface area contributed by atoms with E-state index in [1.54, 1.807) is 6.08 Å². The van der Waals surface area contributed by atoms with Gasteiger partial charge in [-0.25, -0.2) is 9.78 Å². The summed E-state index contributed by atoms with van der Waals surface area (Å²) in [5, 5.41) is 13.7. The molecule has 340 valence electrons. The Bertz CT molecular complexity index is 2000. The lowest BCUT2D eigenvalue weighted by Crippen LogP contribution is -2.48. The predicted octanol–water partition coefficient (Wildman–Crippen LogP) is 4.19. The minimum Gasteiger partial charge on any atom is -0.465 e. The van der Waals surface area contributed by atoms with Gasteiger partial charge in [0.1, 0.15) is 29.1 Å². The second kappa shape index (κ2) is 26.1. The minimum atomic E-state index is -1.07. The zero-order chi connectivity index (χ0) is 43.9. The fourth-order valence-corrected chi connectivity index (χ4v) is 7.22. The number of amides is 3. The molecule has 2 aromatic carbocycles. The zero-order valence-corrected chi connectivity index (χ0v) is 35.8. The van der Waals surface area contributed by atoms with Crippen LogP contribution in [0, 0.1) is 0 Å². The molecule has 18 nitrogen and oxygen atoms in total. The van der Waals surface area contributed by atoms with Gasteiger partial charge < -0.3 is 53.6 Å². The number of rotatable bonds is 26. The van der Waals surface area contributed by atoms with E-state index < -0.39 is 6.09 Å². The van der Waals surface area contributed by atoms with Gasteiger partial charge in [-0.2, -0.15) is 4.98 Å². The minimum absolute atomic E-state index is 0.0385. The number of ether oxygens (including phenoxy) is 6. The fourth-order valence-electron chi connectivity index (χ4n) is 7.22. The molecule has 0 atom stereocenters. The summed E-state index contributed by atoms with van der Waals surface area (Å²) in [4.78, 5) is 51.3. The van der Waals surface area contributed by atoms with Gasteiger partial charge in [-0.15, -0.1) is 0 Å².